The first-order valence-electron chi connectivity index (χ1n) is 10.4. The van der Waals surface area contributed by atoms with Gasteiger partial charge in [0.2, 0.25) is 21.8 Å². The van der Waals surface area contributed by atoms with Gasteiger partial charge in [0.1, 0.15) is 18.4 Å². The fourth-order valence-electron chi connectivity index (χ4n) is 3.12. The number of halogens is 3. The molecule has 1 N–H and O–H groups in total. The Kier molecular flexibility index (Phi) is 8.35. The number of rotatable bonds is 8. The maximum absolute atomic E-state index is 14.3. The first-order valence-corrected chi connectivity index (χ1v) is 12.2. The second-order valence-electron chi connectivity index (χ2n) is 8.90. The lowest BCUT2D eigenvalue weighted by atomic mass is 10.1. The van der Waals surface area contributed by atoms with Crippen molar-refractivity contribution in [1.29, 1.82) is 0 Å². The predicted molar refractivity (Wildman–Crippen MR) is 123 cm³/mol. The summed E-state index contributed by atoms with van der Waals surface area (Å²) < 4.78 is 66.8. The van der Waals surface area contributed by atoms with Crippen LogP contribution in [0.25, 0.3) is 0 Å². The molecule has 11 heteroatoms. The molecule has 0 saturated carbocycles. The van der Waals surface area contributed by atoms with Gasteiger partial charge in [0.05, 0.1) is 11.9 Å². The van der Waals surface area contributed by atoms with Gasteiger partial charge >= 0.3 is 0 Å². The Bertz CT molecular complexity index is 1170. The molecule has 0 aromatic heterocycles. The zero-order valence-electron chi connectivity index (χ0n) is 19.6. The maximum Gasteiger partial charge on any atom is 0.244 e. The molecule has 2 amide bonds. The van der Waals surface area contributed by atoms with Crippen molar-refractivity contribution in [2.75, 3.05) is 17.1 Å². The molecule has 1 atom stereocenters. The Balaban J connectivity index is 2.44. The van der Waals surface area contributed by atoms with E-state index in [9.17, 15) is 31.2 Å². The van der Waals surface area contributed by atoms with Crippen LogP contribution in [0, 0.1) is 17.5 Å². The van der Waals surface area contributed by atoms with Crippen molar-refractivity contribution in [3.05, 3.63) is 65.5 Å². The monoisotopic (exact) mass is 499 g/mol. The van der Waals surface area contributed by atoms with Gasteiger partial charge in [-0.3, -0.25) is 13.9 Å². The molecule has 0 fully saturated rings. The summed E-state index contributed by atoms with van der Waals surface area (Å²) in [7, 11) is -4.11. The first-order chi connectivity index (χ1) is 15.6. The standard InChI is InChI=1S/C23H28F3N3O4S/c1-15(22(31)27-23(2,3)4)28(13-16-8-6-7-9-18(16)24)21(30)14-29(34(5,32)33)17-10-11-19(25)20(26)12-17/h6-12,15H,13-14H2,1-5H3,(H,27,31)/t15-/m1/s1. The van der Waals surface area contributed by atoms with Crippen molar-refractivity contribution in [3.63, 3.8) is 0 Å². The van der Waals surface area contributed by atoms with Crippen LogP contribution in [0.2, 0.25) is 0 Å². The van der Waals surface area contributed by atoms with E-state index in [1.807, 2.05) is 0 Å². The molecule has 2 rings (SSSR count). The van der Waals surface area contributed by atoms with E-state index in [2.05, 4.69) is 5.32 Å². The highest BCUT2D eigenvalue weighted by molar-refractivity contribution is 7.92. The number of carbonyl (C=O) groups excluding carboxylic acids is 2. The van der Waals surface area contributed by atoms with Crippen LogP contribution in [-0.2, 0) is 26.2 Å². The number of hydrogen-bond acceptors (Lipinski definition) is 4. The third kappa shape index (κ3) is 7.21. The van der Waals surface area contributed by atoms with Crippen LogP contribution in [0.15, 0.2) is 42.5 Å². The largest absolute Gasteiger partial charge is 0.350 e. The van der Waals surface area contributed by atoms with Crippen LogP contribution >= 0.6 is 0 Å². The SMILES string of the molecule is C[C@H](C(=O)NC(C)(C)C)N(Cc1ccccc1F)C(=O)CN(c1ccc(F)c(F)c1)S(C)(=O)=O. The second-order valence-corrected chi connectivity index (χ2v) is 10.8. The minimum Gasteiger partial charge on any atom is -0.350 e. The van der Waals surface area contributed by atoms with Gasteiger partial charge in [-0.25, -0.2) is 21.6 Å². The predicted octanol–water partition coefficient (Wildman–Crippen LogP) is 3.20. The molecule has 0 unspecified atom stereocenters. The Morgan fingerprint density at radius 3 is 2.15 bits per heavy atom. The van der Waals surface area contributed by atoms with Crippen LogP contribution < -0.4 is 9.62 Å². The summed E-state index contributed by atoms with van der Waals surface area (Å²) in [6.45, 7) is 5.53. The van der Waals surface area contributed by atoms with Crippen molar-refractivity contribution >= 4 is 27.5 Å². The van der Waals surface area contributed by atoms with Crippen molar-refractivity contribution in [1.82, 2.24) is 10.2 Å². The lowest BCUT2D eigenvalue weighted by molar-refractivity contribution is -0.140. The highest BCUT2D eigenvalue weighted by Crippen LogP contribution is 2.22. The average Bonchev–Trinajstić information content (AvgIpc) is 2.70. The van der Waals surface area contributed by atoms with E-state index in [4.69, 9.17) is 0 Å². The lowest BCUT2D eigenvalue weighted by Gasteiger charge is -2.33. The Labute approximate surface area is 197 Å². The molecule has 7 nitrogen and oxygen atoms in total. The van der Waals surface area contributed by atoms with Crippen LogP contribution in [-0.4, -0.2) is 49.5 Å². The summed E-state index contributed by atoms with van der Waals surface area (Å²) in [6, 6.07) is 6.97. The lowest BCUT2D eigenvalue weighted by Crippen LogP contribution is -2.54. The van der Waals surface area contributed by atoms with Gasteiger partial charge in [-0.05, 0) is 45.9 Å². The topological polar surface area (TPSA) is 86.8 Å². The van der Waals surface area contributed by atoms with Crippen molar-refractivity contribution in [2.24, 2.45) is 0 Å². The molecular formula is C23H28F3N3O4S. The van der Waals surface area contributed by atoms with E-state index in [-0.39, 0.29) is 17.8 Å². The highest BCUT2D eigenvalue weighted by Gasteiger charge is 2.32. The zero-order valence-corrected chi connectivity index (χ0v) is 20.4. The zero-order chi connectivity index (χ0) is 25.8. The van der Waals surface area contributed by atoms with E-state index < -0.39 is 57.4 Å². The maximum atomic E-state index is 14.3. The Morgan fingerprint density at radius 1 is 1.00 bits per heavy atom. The number of hydrogen-bond donors (Lipinski definition) is 1. The van der Waals surface area contributed by atoms with Crippen LogP contribution in [0.3, 0.4) is 0 Å². The smallest absolute Gasteiger partial charge is 0.244 e. The number of amides is 2. The summed E-state index contributed by atoms with van der Waals surface area (Å²) in [5.74, 6) is -4.45. The van der Waals surface area contributed by atoms with Crippen molar-refractivity contribution in [3.8, 4) is 0 Å². The summed E-state index contributed by atoms with van der Waals surface area (Å²) in [5, 5.41) is 2.73. The van der Waals surface area contributed by atoms with Gasteiger partial charge in [0.15, 0.2) is 11.6 Å². The fourth-order valence-corrected chi connectivity index (χ4v) is 3.96. The van der Waals surface area contributed by atoms with E-state index in [0.29, 0.717) is 10.4 Å². The summed E-state index contributed by atoms with van der Waals surface area (Å²) >= 11 is 0. The van der Waals surface area contributed by atoms with Crippen LogP contribution in [0.4, 0.5) is 18.9 Å². The Hall–Kier alpha value is -3.08. The van der Waals surface area contributed by atoms with Gasteiger partial charge in [0.25, 0.3) is 0 Å². The minimum absolute atomic E-state index is 0.116. The molecule has 0 heterocycles. The molecule has 0 aliphatic carbocycles. The number of nitrogens with zero attached hydrogens (tertiary/aromatic N) is 2. The van der Waals surface area contributed by atoms with Crippen molar-refractivity contribution < 1.29 is 31.2 Å². The van der Waals surface area contributed by atoms with E-state index >= 15 is 0 Å². The number of sulfonamides is 1. The molecule has 186 valence electrons. The minimum atomic E-state index is -4.11. The normalized spacial score (nSPS) is 12.7. The molecule has 0 aliphatic rings. The van der Waals surface area contributed by atoms with Gasteiger partial charge in [-0.15, -0.1) is 0 Å². The van der Waals surface area contributed by atoms with Gasteiger partial charge in [-0.1, -0.05) is 18.2 Å². The molecule has 0 radical (unpaired) electrons. The third-order valence-electron chi connectivity index (χ3n) is 4.83. The molecule has 0 aliphatic heterocycles. The molecular weight excluding hydrogens is 471 g/mol. The summed E-state index contributed by atoms with van der Waals surface area (Å²) in [4.78, 5) is 27.1. The number of carbonyl (C=O) groups is 2. The second kappa shape index (κ2) is 10.5. The summed E-state index contributed by atoms with van der Waals surface area (Å²) in [5.41, 5.74) is -0.778. The van der Waals surface area contributed by atoms with E-state index in [0.717, 1.165) is 23.3 Å². The molecule has 2 aromatic carbocycles. The Morgan fingerprint density at radius 2 is 1.62 bits per heavy atom. The molecule has 34 heavy (non-hydrogen) atoms. The number of benzene rings is 2. The molecule has 0 spiro atoms. The first kappa shape index (κ1) is 27.2. The third-order valence-corrected chi connectivity index (χ3v) is 5.97. The van der Waals surface area contributed by atoms with E-state index in [1.165, 1.54) is 25.1 Å². The quantitative estimate of drug-likeness (QED) is 0.605. The number of anilines is 1. The number of nitrogens with one attached hydrogen (secondary N) is 1. The fraction of sp³-hybridized carbons (Fsp3) is 0.391. The van der Waals surface area contributed by atoms with Crippen molar-refractivity contribution in [2.45, 2.75) is 45.8 Å². The van der Waals surface area contributed by atoms with E-state index in [1.54, 1.807) is 26.8 Å². The average molecular weight is 500 g/mol. The van der Waals surface area contributed by atoms with Crippen LogP contribution in [0.5, 0.6) is 0 Å². The van der Waals surface area contributed by atoms with Gasteiger partial charge in [0, 0.05) is 23.7 Å². The molecule has 2 aromatic rings. The highest BCUT2D eigenvalue weighted by atomic mass is 32.2. The van der Waals surface area contributed by atoms with Gasteiger partial charge in [-0.2, -0.15) is 0 Å². The summed E-state index contributed by atoms with van der Waals surface area (Å²) in [6.07, 6.45) is 0.804. The van der Waals surface area contributed by atoms with Gasteiger partial charge < -0.3 is 10.2 Å². The molecule has 0 bridgehead atoms. The van der Waals surface area contributed by atoms with Crippen LogP contribution in [0.1, 0.15) is 33.3 Å². The molecule has 0 saturated heterocycles.